The van der Waals surface area contributed by atoms with Gasteiger partial charge in [0.15, 0.2) is 0 Å². The van der Waals surface area contributed by atoms with Crippen molar-refractivity contribution in [1.82, 2.24) is 0 Å². The second kappa shape index (κ2) is 18.1. The summed E-state index contributed by atoms with van der Waals surface area (Å²) in [6.45, 7) is 9.37. The maximum atomic E-state index is 15.8. The number of halogens is 4. The zero-order valence-corrected chi connectivity index (χ0v) is 36.2. The van der Waals surface area contributed by atoms with Gasteiger partial charge < -0.3 is 24.8 Å². The predicted octanol–water partition coefficient (Wildman–Crippen LogP) is 8.13. The van der Waals surface area contributed by atoms with Crippen molar-refractivity contribution < 1.29 is 54.9 Å². The minimum atomic E-state index is -2.63. The van der Waals surface area contributed by atoms with E-state index in [1.165, 1.54) is 33.4 Å². The van der Waals surface area contributed by atoms with Gasteiger partial charge >= 0.3 is 329 Å². The first kappa shape index (κ1) is 41.6. The number of allylic oxidation sites excluding steroid dienone is 16. The van der Waals surface area contributed by atoms with Crippen LogP contribution in [0.4, 0.5) is 8.78 Å². The van der Waals surface area contributed by atoms with E-state index in [1.54, 1.807) is 15.3 Å². The zero-order chi connectivity index (χ0) is 37.3. The Balaban J connectivity index is 0.00000266. The Labute approximate surface area is 351 Å². The molecule has 0 heterocycles. The Hall–Kier alpha value is -4.01. The molecule has 4 aromatic carbocycles. The molecule has 282 valence electrons. The number of benzene rings is 4. The van der Waals surface area contributed by atoms with E-state index in [0.717, 1.165) is 35.1 Å². The summed E-state index contributed by atoms with van der Waals surface area (Å²) in [5.41, 5.74) is 13.5. The molecule has 0 saturated carbocycles. The van der Waals surface area contributed by atoms with Gasteiger partial charge in [0.05, 0.1) is 0 Å². The number of hydrogen-bond donors (Lipinski definition) is 0. The summed E-state index contributed by atoms with van der Waals surface area (Å²) < 4.78 is 34.0. The summed E-state index contributed by atoms with van der Waals surface area (Å²) in [6, 6.07) is 31.2. The Bertz CT molecular complexity index is 2240. The molecule has 0 aromatic heterocycles. The molecule has 0 spiro atoms. The van der Waals surface area contributed by atoms with Crippen molar-refractivity contribution in [3.63, 3.8) is 0 Å². The summed E-state index contributed by atoms with van der Waals surface area (Å²) in [5.74, 6) is -0.420. The maximum absolute atomic E-state index is 15.8. The first-order chi connectivity index (χ1) is 26.4. The van der Waals surface area contributed by atoms with Crippen LogP contribution in [0, 0.1) is 11.6 Å². The van der Waals surface area contributed by atoms with Crippen molar-refractivity contribution in [2.75, 3.05) is 0 Å². The van der Waals surface area contributed by atoms with E-state index in [-0.39, 0.29) is 48.3 Å². The van der Waals surface area contributed by atoms with E-state index in [1.807, 2.05) is 72.8 Å². The summed E-state index contributed by atoms with van der Waals surface area (Å²) in [4.78, 5) is 0. The van der Waals surface area contributed by atoms with Gasteiger partial charge in [-0.15, -0.1) is 0 Å². The molecule has 8 rings (SSSR count). The third-order valence-corrected chi connectivity index (χ3v) is 20.9. The number of hydrogen-bond acceptors (Lipinski definition) is 0. The Morgan fingerprint density at radius 3 is 1.30 bits per heavy atom. The van der Waals surface area contributed by atoms with Gasteiger partial charge in [0.25, 0.3) is 0 Å². The monoisotopic (exact) mass is 856 g/mol. The van der Waals surface area contributed by atoms with Crippen LogP contribution in [0.1, 0.15) is 63.5 Å². The van der Waals surface area contributed by atoms with Crippen LogP contribution in [0.5, 0.6) is 0 Å². The van der Waals surface area contributed by atoms with Crippen molar-refractivity contribution in [1.29, 1.82) is 0 Å². The molecule has 5 heteroatoms. The topological polar surface area (TPSA) is 0 Å². The van der Waals surface area contributed by atoms with Gasteiger partial charge in [-0.25, -0.2) is 0 Å². The molecule has 56 heavy (non-hydrogen) atoms. The van der Waals surface area contributed by atoms with Gasteiger partial charge in [-0.1, -0.05) is 0 Å². The molecule has 0 radical (unpaired) electrons. The third kappa shape index (κ3) is 7.81. The van der Waals surface area contributed by atoms with Crippen LogP contribution in [0.25, 0.3) is 22.3 Å². The van der Waals surface area contributed by atoms with E-state index < -0.39 is 21.3 Å². The van der Waals surface area contributed by atoms with Crippen molar-refractivity contribution in [2.24, 2.45) is 0 Å². The van der Waals surface area contributed by atoms with E-state index in [9.17, 15) is 0 Å². The summed E-state index contributed by atoms with van der Waals surface area (Å²) in [7, 11) is 0. The minimum absolute atomic E-state index is 0. The fourth-order valence-corrected chi connectivity index (χ4v) is 19.1. The zero-order valence-electron chi connectivity index (χ0n) is 32.2. The van der Waals surface area contributed by atoms with Crippen molar-refractivity contribution >= 4 is 3.21 Å². The Morgan fingerprint density at radius 1 is 0.536 bits per heavy atom. The van der Waals surface area contributed by atoms with Crippen LogP contribution in [0.2, 0.25) is 7.25 Å². The van der Waals surface area contributed by atoms with Gasteiger partial charge in [0.1, 0.15) is 0 Å². The molecule has 0 nitrogen and oxygen atoms in total. The standard InChI is InChI=1S/2C24H20F.C3H6.2ClH.Zr/c2*1-2-17-14-19-10-6-7-11-21(23(19)15-17)20-12-13-22(24(25)16-20)18-8-4-3-5-9-18;1-3-2;;;/h2*3-16,21H,2H2,1H3;1-2H3;2*1H;/q;;;;;+2/p-2. The molecule has 0 bridgehead atoms. The molecule has 4 aliphatic rings. The molecule has 0 amide bonds. The molecule has 0 saturated heterocycles. The Kier molecular flexibility index (Phi) is 13.4. The molecular formula is C51H46Cl2F2Zr. The van der Waals surface area contributed by atoms with E-state index in [0.29, 0.717) is 18.4 Å². The fraction of sp³-hybridized carbons (Fsp3) is 0.196. The third-order valence-electron chi connectivity index (χ3n) is 11.7. The Morgan fingerprint density at radius 2 is 0.946 bits per heavy atom. The first-order valence-corrected chi connectivity index (χ1v) is 23.4. The van der Waals surface area contributed by atoms with Crippen LogP contribution < -0.4 is 24.8 Å². The van der Waals surface area contributed by atoms with Gasteiger partial charge in [-0.2, -0.15) is 0 Å². The molecule has 0 aliphatic heterocycles. The van der Waals surface area contributed by atoms with Crippen LogP contribution in [-0.4, -0.2) is 3.21 Å². The van der Waals surface area contributed by atoms with Crippen LogP contribution in [0.3, 0.4) is 0 Å². The maximum Gasteiger partial charge on any atom is -1.00 e. The van der Waals surface area contributed by atoms with Gasteiger partial charge in [0, 0.05) is 0 Å². The second-order valence-electron chi connectivity index (χ2n) is 14.9. The van der Waals surface area contributed by atoms with Crippen LogP contribution in [0.15, 0.2) is 191 Å². The van der Waals surface area contributed by atoms with Crippen LogP contribution in [-0.2, 0) is 21.3 Å². The normalized spacial score (nSPS) is 20.5. The van der Waals surface area contributed by atoms with Crippen LogP contribution >= 0.6 is 0 Å². The molecular weight excluding hydrogens is 813 g/mol. The number of rotatable bonds is 8. The minimum Gasteiger partial charge on any atom is -1.00 e. The quantitative estimate of drug-likeness (QED) is 0.168. The molecule has 4 aromatic rings. The van der Waals surface area contributed by atoms with E-state index in [2.05, 4.69) is 101 Å². The molecule has 4 unspecified atom stereocenters. The van der Waals surface area contributed by atoms with Gasteiger partial charge in [-0.3, -0.25) is 0 Å². The SMILES string of the molecule is CCC1=CC2=C(C=CC=CC2c2ccc(-c3ccccc3)c(F)c2)[CH]1[Zr+2](=[C](C)C)[CH]1C(CC)=CC2=C1C=CC=CC2c1ccc(-c2ccccc2)c(F)c1.[Cl-].[Cl-]. The average Bonchev–Trinajstić information content (AvgIpc) is 3.54. The van der Waals surface area contributed by atoms with Crippen molar-refractivity contribution in [3.05, 3.63) is 214 Å². The first-order valence-electron chi connectivity index (χ1n) is 19.3. The molecule has 4 atom stereocenters. The van der Waals surface area contributed by atoms with E-state index in [4.69, 9.17) is 0 Å². The summed E-state index contributed by atoms with van der Waals surface area (Å²) in [6.07, 6.45) is 24.8. The largest absolute Gasteiger partial charge is 1.00 e. The summed E-state index contributed by atoms with van der Waals surface area (Å²) >= 11 is -2.63. The van der Waals surface area contributed by atoms with Gasteiger partial charge in [0.2, 0.25) is 0 Å². The molecule has 4 aliphatic carbocycles. The van der Waals surface area contributed by atoms with Crippen molar-refractivity contribution in [3.8, 4) is 22.3 Å². The molecule has 0 fully saturated rings. The summed E-state index contributed by atoms with van der Waals surface area (Å²) in [5, 5.41) is 0. The fourth-order valence-electron chi connectivity index (χ4n) is 9.09. The molecule has 0 N–H and O–H groups in total. The van der Waals surface area contributed by atoms with Gasteiger partial charge in [-0.05, 0) is 0 Å². The predicted molar refractivity (Wildman–Crippen MR) is 220 cm³/mol. The second-order valence-corrected chi connectivity index (χ2v) is 22.5. The van der Waals surface area contributed by atoms with Crippen molar-refractivity contribution in [2.45, 2.75) is 59.6 Å². The average molecular weight is 859 g/mol. The smallest absolute Gasteiger partial charge is 1.00 e. The van der Waals surface area contributed by atoms with E-state index >= 15 is 8.78 Å².